The van der Waals surface area contributed by atoms with E-state index >= 15 is 0 Å². The van der Waals surface area contributed by atoms with Crippen LogP contribution in [0.3, 0.4) is 0 Å². The van der Waals surface area contributed by atoms with E-state index in [4.69, 9.17) is 0 Å². The third kappa shape index (κ3) is 6.10. The van der Waals surface area contributed by atoms with Crippen LogP contribution in [0, 0.1) is 26.1 Å². The molecule has 0 aliphatic carbocycles. The number of hydrogen-bond acceptors (Lipinski definition) is 7. The lowest BCUT2D eigenvalue weighted by atomic mass is 9.98. The first-order valence-corrected chi connectivity index (χ1v) is 7.27. The van der Waals surface area contributed by atoms with Crippen molar-refractivity contribution in [1.29, 1.82) is 0 Å². The Kier molecular flexibility index (Phi) is 7.33. The molecular formula is C12H21N3O7. The van der Waals surface area contributed by atoms with Gasteiger partial charge in [0.25, 0.3) is 10.2 Å². The second-order valence-electron chi connectivity index (χ2n) is 5.26. The maximum Gasteiger partial charge on any atom is 0.294 e. The van der Waals surface area contributed by atoms with Gasteiger partial charge in [-0.2, -0.15) is 0 Å². The number of likely N-dealkylation sites (tertiary alicyclic amines) is 1. The molecule has 0 aromatic heterocycles. The Morgan fingerprint density at radius 3 is 2.41 bits per heavy atom. The maximum atomic E-state index is 12.5. The summed E-state index contributed by atoms with van der Waals surface area (Å²) in [5.74, 6) is -0.520. The van der Waals surface area contributed by atoms with Crippen LogP contribution in [0.15, 0.2) is 0 Å². The third-order valence-electron chi connectivity index (χ3n) is 3.74. The molecule has 0 N–H and O–H groups in total. The minimum absolute atomic E-state index is 0.0712. The van der Waals surface area contributed by atoms with Crippen molar-refractivity contribution in [2.45, 2.75) is 45.1 Å². The Hall–Kier alpha value is -2.13. The van der Waals surface area contributed by atoms with Gasteiger partial charge in [0, 0.05) is 18.5 Å². The van der Waals surface area contributed by atoms with E-state index in [1.54, 1.807) is 4.90 Å². The molecule has 22 heavy (non-hydrogen) atoms. The highest BCUT2D eigenvalue weighted by Gasteiger charge is 2.30. The van der Waals surface area contributed by atoms with Gasteiger partial charge in [-0.25, -0.2) is 0 Å². The number of rotatable bonds is 10. The fourth-order valence-electron chi connectivity index (χ4n) is 2.62. The summed E-state index contributed by atoms with van der Waals surface area (Å²) in [4.78, 5) is 43.0. The zero-order valence-corrected chi connectivity index (χ0v) is 12.5. The Labute approximate surface area is 127 Å². The molecule has 10 heteroatoms. The van der Waals surface area contributed by atoms with Gasteiger partial charge in [0.15, 0.2) is 0 Å². The van der Waals surface area contributed by atoms with E-state index in [-0.39, 0.29) is 31.6 Å². The van der Waals surface area contributed by atoms with Crippen molar-refractivity contribution in [2.24, 2.45) is 5.92 Å². The lowest BCUT2D eigenvalue weighted by molar-refractivity contribution is -0.758. The Morgan fingerprint density at radius 2 is 1.86 bits per heavy atom. The predicted octanol–water partition coefficient (Wildman–Crippen LogP) is 1.20. The van der Waals surface area contributed by atoms with E-state index in [9.17, 15) is 25.0 Å². The monoisotopic (exact) mass is 319 g/mol. The highest BCUT2D eigenvalue weighted by atomic mass is 17.0. The molecule has 1 saturated heterocycles. The number of amides is 1. The minimum Gasteiger partial charge on any atom is -0.340 e. The first kappa shape index (κ1) is 17.9. The Bertz CT molecular complexity index is 404. The first-order valence-electron chi connectivity index (χ1n) is 7.27. The molecule has 1 rings (SSSR count). The van der Waals surface area contributed by atoms with Gasteiger partial charge in [0.05, 0.1) is 13.2 Å². The van der Waals surface area contributed by atoms with Crippen molar-refractivity contribution in [1.82, 2.24) is 4.90 Å². The molecule has 0 aromatic carbocycles. The van der Waals surface area contributed by atoms with E-state index in [0.717, 1.165) is 12.8 Å². The highest BCUT2D eigenvalue weighted by Crippen LogP contribution is 2.23. The summed E-state index contributed by atoms with van der Waals surface area (Å²) in [5.41, 5.74) is 0. The zero-order chi connectivity index (χ0) is 16.5. The molecule has 126 valence electrons. The van der Waals surface area contributed by atoms with E-state index < -0.39 is 16.1 Å². The maximum absolute atomic E-state index is 12.5. The average Bonchev–Trinajstić information content (AvgIpc) is 2.86. The number of nitrogens with zero attached hydrogens (tertiary/aromatic N) is 3. The molecule has 1 aliphatic heterocycles. The Balaban J connectivity index is 2.50. The molecule has 0 spiro atoms. The number of carbonyl (C=O) groups excluding carboxylic acids is 1. The lowest BCUT2D eigenvalue weighted by Crippen LogP contribution is -2.39. The second kappa shape index (κ2) is 9.00. The van der Waals surface area contributed by atoms with Crippen molar-refractivity contribution in [3.63, 3.8) is 0 Å². The lowest BCUT2D eigenvalue weighted by Gasteiger charge is -2.26. The largest absolute Gasteiger partial charge is 0.340 e. The van der Waals surface area contributed by atoms with Gasteiger partial charge in [0.2, 0.25) is 5.91 Å². The molecule has 1 amide bonds. The molecule has 0 aromatic rings. The molecule has 0 radical (unpaired) electrons. The average molecular weight is 319 g/mol. The second-order valence-corrected chi connectivity index (χ2v) is 5.26. The standard InChI is InChI=1S/C12H21N3O7/c1-10-4-2-7-13(10)12(16)11(6-9-22-15(19)20)5-3-8-21-14(17)18/h10-11H,2-9H2,1H3. The smallest absolute Gasteiger partial charge is 0.294 e. The molecule has 0 saturated carbocycles. The van der Waals surface area contributed by atoms with Crippen LogP contribution in [0.4, 0.5) is 0 Å². The van der Waals surface area contributed by atoms with Crippen molar-refractivity contribution in [3.8, 4) is 0 Å². The molecule has 2 unspecified atom stereocenters. The number of hydrogen-bond donors (Lipinski definition) is 0. The number of carbonyl (C=O) groups is 1. The van der Waals surface area contributed by atoms with E-state index in [2.05, 4.69) is 9.68 Å². The fourth-order valence-corrected chi connectivity index (χ4v) is 2.62. The normalized spacial score (nSPS) is 18.8. The van der Waals surface area contributed by atoms with Gasteiger partial charge < -0.3 is 14.6 Å². The quantitative estimate of drug-likeness (QED) is 0.336. The van der Waals surface area contributed by atoms with Crippen molar-refractivity contribution in [2.75, 3.05) is 19.8 Å². The third-order valence-corrected chi connectivity index (χ3v) is 3.74. The van der Waals surface area contributed by atoms with Gasteiger partial charge in [-0.15, -0.1) is 20.2 Å². The summed E-state index contributed by atoms with van der Waals surface area (Å²) >= 11 is 0. The predicted molar refractivity (Wildman–Crippen MR) is 73.6 cm³/mol. The molecule has 2 atom stereocenters. The van der Waals surface area contributed by atoms with Crippen LogP contribution >= 0.6 is 0 Å². The minimum atomic E-state index is -0.893. The molecule has 0 bridgehead atoms. The van der Waals surface area contributed by atoms with Gasteiger partial charge in [-0.1, -0.05) is 0 Å². The van der Waals surface area contributed by atoms with Crippen LogP contribution in [-0.4, -0.2) is 46.8 Å². The summed E-state index contributed by atoms with van der Waals surface area (Å²) < 4.78 is 0. The van der Waals surface area contributed by atoms with Crippen LogP contribution < -0.4 is 0 Å². The molecular weight excluding hydrogens is 298 g/mol. The van der Waals surface area contributed by atoms with Gasteiger partial charge in [0.1, 0.15) is 0 Å². The molecule has 10 nitrogen and oxygen atoms in total. The molecule has 1 fully saturated rings. The fraction of sp³-hybridized carbons (Fsp3) is 0.917. The van der Waals surface area contributed by atoms with E-state index in [1.807, 2.05) is 6.92 Å². The Morgan fingerprint density at radius 1 is 1.23 bits per heavy atom. The van der Waals surface area contributed by atoms with Gasteiger partial charge in [-0.3, -0.25) is 4.79 Å². The summed E-state index contributed by atoms with van der Waals surface area (Å²) in [7, 11) is 0. The summed E-state index contributed by atoms with van der Waals surface area (Å²) in [6.45, 7) is 2.38. The van der Waals surface area contributed by atoms with Gasteiger partial charge >= 0.3 is 0 Å². The van der Waals surface area contributed by atoms with Crippen LogP contribution in [0.25, 0.3) is 0 Å². The topological polar surface area (TPSA) is 125 Å². The van der Waals surface area contributed by atoms with Crippen LogP contribution in [0.1, 0.15) is 39.0 Å². The van der Waals surface area contributed by atoms with E-state index in [1.165, 1.54) is 0 Å². The molecule has 1 aliphatic rings. The zero-order valence-electron chi connectivity index (χ0n) is 12.5. The summed E-state index contributed by atoms with van der Waals surface area (Å²) in [6.07, 6.45) is 2.79. The van der Waals surface area contributed by atoms with Crippen molar-refractivity contribution < 1.29 is 24.6 Å². The van der Waals surface area contributed by atoms with Crippen LogP contribution in [-0.2, 0) is 14.5 Å². The molecule has 1 heterocycles. The SMILES string of the molecule is CC1CCCN1C(=O)C(CCCO[N+](=O)[O-])CCO[N+](=O)[O-]. The van der Waals surface area contributed by atoms with Crippen LogP contribution in [0.2, 0.25) is 0 Å². The van der Waals surface area contributed by atoms with Crippen LogP contribution in [0.5, 0.6) is 0 Å². The van der Waals surface area contributed by atoms with Crippen molar-refractivity contribution in [3.05, 3.63) is 20.2 Å². The van der Waals surface area contributed by atoms with Crippen molar-refractivity contribution >= 4 is 5.91 Å². The first-order chi connectivity index (χ1) is 10.4. The van der Waals surface area contributed by atoms with E-state index in [0.29, 0.717) is 19.4 Å². The summed E-state index contributed by atoms with van der Waals surface area (Å²) in [6, 6.07) is 0.154. The summed E-state index contributed by atoms with van der Waals surface area (Å²) in [5, 5.41) is 18.5. The van der Waals surface area contributed by atoms with Gasteiger partial charge in [-0.05, 0) is 39.0 Å². The highest BCUT2D eigenvalue weighted by molar-refractivity contribution is 5.79.